The number of aromatic nitrogens is 5. The van der Waals surface area contributed by atoms with E-state index >= 15 is 0 Å². The van der Waals surface area contributed by atoms with Crippen LogP contribution in [0.5, 0.6) is 0 Å². The Labute approximate surface area is 145 Å². The number of alkyl halides is 3. The first-order chi connectivity index (χ1) is 12.4. The molecule has 3 aromatic heterocycles. The highest BCUT2D eigenvalue weighted by Crippen LogP contribution is 2.30. The van der Waals surface area contributed by atoms with Crippen LogP contribution in [0.4, 0.5) is 19.1 Å². The summed E-state index contributed by atoms with van der Waals surface area (Å²) in [7, 11) is 0. The largest absolute Gasteiger partial charge is 0.408 e. The van der Waals surface area contributed by atoms with Gasteiger partial charge in [-0.25, -0.2) is 4.98 Å². The van der Waals surface area contributed by atoms with Crippen LogP contribution in [0.2, 0.25) is 0 Å². The first-order valence-corrected chi connectivity index (χ1v) is 7.80. The second kappa shape index (κ2) is 5.94. The highest BCUT2D eigenvalue weighted by Gasteiger charge is 2.36. The lowest BCUT2D eigenvalue weighted by molar-refractivity contribution is -0.138. The van der Waals surface area contributed by atoms with Crippen molar-refractivity contribution in [1.29, 1.82) is 0 Å². The van der Waals surface area contributed by atoms with Crippen molar-refractivity contribution in [1.82, 2.24) is 24.9 Å². The molecule has 0 amide bonds. The zero-order chi connectivity index (χ0) is 18.3. The van der Waals surface area contributed by atoms with Crippen LogP contribution in [0.3, 0.4) is 0 Å². The first kappa shape index (κ1) is 16.2. The molecule has 0 saturated carbocycles. The van der Waals surface area contributed by atoms with Crippen molar-refractivity contribution in [2.24, 2.45) is 0 Å². The number of halogens is 3. The van der Waals surface area contributed by atoms with Gasteiger partial charge in [-0.05, 0) is 24.6 Å². The number of benzene rings is 1. The minimum atomic E-state index is -4.37. The normalized spacial score (nSPS) is 13.2. The van der Waals surface area contributed by atoms with Gasteiger partial charge in [0.25, 0.3) is 0 Å². The monoisotopic (exact) mass is 358 g/mol. The summed E-state index contributed by atoms with van der Waals surface area (Å²) in [5, 5.41) is 2.97. The number of nitrogens with one attached hydrogen (secondary N) is 2. The topological polar surface area (TPSA) is 79.4 Å². The van der Waals surface area contributed by atoms with Gasteiger partial charge >= 0.3 is 6.18 Å². The predicted molar refractivity (Wildman–Crippen MR) is 91.6 cm³/mol. The summed E-state index contributed by atoms with van der Waals surface area (Å²) in [6.07, 6.45) is 2.11. The third-order valence-electron chi connectivity index (χ3n) is 4.05. The Bertz CT molecular complexity index is 1090. The molecule has 1 atom stereocenters. The standard InChI is InChI=1S/C17H13F3N6/c1-9(17(18,19)20)25-16-24-8-12-11(7-23-15(12)26-16)10-2-3-13-14(6-10)22-5-4-21-13/h2-9H,1H3,(H2,23,24,25,26)/t9-/m1/s1. The van der Waals surface area contributed by atoms with Crippen molar-refractivity contribution in [2.45, 2.75) is 19.1 Å². The van der Waals surface area contributed by atoms with E-state index < -0.39 is 12.2 Å². The van der Waals surface area contributed by atoms with E-state index in [0.29, 0.717) is 11.0 Å². The summed E-state index contributed by atoms with van der Waals surface area (Å²) < 4.78 is 38.0. The highest BCUT2D eigenvalue weighted by atomic mass is 19.4. The van der Waals surface area contributed by atoms with Crippen molar-refractivity contribution in [2.75, 3.05) is 5.32 Å². The number of fused-ring (bicyclic) bond motifs is 2. The molecule has 0 saturated heterocycles. The average molecular weight is 358 g/mol. The molecule has 0 radical (unpaired) electrons. The number of H-pyrrole nitrogens is 1. The summed E-state index contributed by atoms with van der Waals surface area (Å²) in [5.74, 6) is -0.0832. The Kier molecular flexibility index (Phi) is 3.71. The summed E-state index contributed by atoms with van der Waals surface area (Å²) in [5.41, 5.74) is 3.70. The molecule has 0 fully saturated rings. The summed E-state index contributed by atoms with van der Waals surface area (Å²) >= 11 is 0. The molecule has 4 aromatic rings. The van der Waals surface area contributed by atoms with Gasteiger partial charge in [0.15, 0.2) is 0 Å². The van der Waals surface area contributed by atoms with E-state index in [9.17, 15) is 13.2 Å². The molecule has 4 rings (SSSR count). The number of rotatable bonds is 3. The molecule has 0 aliphatic rings. The van der Waals surface area contributed by atoms with Gasteiger partial charge in [0, 0.05) is 35.7 Å². The molecule has 26 heavy (non-hydrogen) atoms. The Morgan fingerprint density at radius 2 is 1.85 bits per heavy atom. The second-order valence-corrected chi connectivity index (χ2v) is 5.83. The van der Waals surface area contributed by atoms with Crippen LogP contribution in [0, 0.1) is 0 Å². The van der Waals surface area contributed by atoms with Gasteiger partial charge in [-0.15, -0.1) is 0 Å². The molecule has 132 valence electrons. The fraction of sp³-hybridized carbons (Fsp3) is 0.176. The molecule has 0 aliphatic carbocycles. The zero-order valence-corrected chi connectivity index (χ0v) is 13.5. The fourth-order valence-corrected chi connectivity index (χ4v) is 2.62. The fourth-order valence-electron chi connectivity index (χ4n) is 2.62. The Hall–Kier alpha value is -3.23. The maximum atomic E-state index is 12.7. The van der Waals surface area contributed by atoms with Gasteiger partial charge in [0.05, 0.1) is 11.0 Å². The van der Waals surface area contributed by atoms with Gasteiger partial charge in [0.2, 0.25) is 5.95 Å². The quantitative estimate of drug-likeness (QED) is 0.580. The number of anilines is 1. The van der Waals surface area contributed by atoms with Crippen LogP contribution >= 0.6 is 0 Å². The molecule has 0 aliphatic heterocycles. The maximum absolute atomic E-state index is 12.7. The number of aromatic amines is 1. The molecule has 0 bridgehead atoms. The highest BCUT2D eigenvalue weighted by molar-refractivity contribution is 5.95. The number of hydrogen-bond acceptors (Lipinski definition) is 5. The van der Waals surface area contributed by atoms with Crippen LogP contribution in [-0.2, 0) is 0 Å². The van der Waals surface area contributed by atoms with Crippen molar-refractivity contribution in [3.05, 3.63) is 43.0 Å². The molecule has 2 N–H and O–H groups in total. The van der Waals surface area contributed by atoms with E-state index in [0.717, 1.165) is 29.1 Å². The van der Waals surface area contributed by atoms with Gasteiger partial charge in [-0.3, -0.25) is 9.97 Å². The van der Waals surface area contributed by atoms with E-state index in [1.807, 2.05) is 18.2 Å². The minimum absolute atomic E-state index is 0.0832. The third kappa shape index (κ3) is 2.92. The second-order valence-electron chi connectivity index (χ2n) is 5.83. The first-order valence-electron chi connectivity index (χ1n) is 7.80. The lowest BCUT2D eigenvalue weighted by Gasteiger charge is -2.16. The predicted octanol–water partition coefficient (Wildman–Crippen LogP) is 3.93. The zero-order valence-electron chi connectivity index (χ0n) is 13.5. The van der Waals surface area contributed by atoms with Gasteiger partial charge in [0.1, 0.15) is 11.7 Å². The van der Waals surface area contributed by atoms with Crippen LogP contribution in [0.15, 0.2) is 43.0 Å². The van der Waals surface area contributed by atoms with E-state index in [2.05, 4.69) is 30.2 Å². The maximum Gasteiger partial charge on any atom is 0.408 e. The summed E-state index contributed by atoms with van der Waals surface area (Å²) in [6, 6.07) is 3.91. The van der Waals surface area contributed by atoms with Crippen molar-refractivity contribution < 1.29 is 13.2 Å². The van der Waals surface area contributed by atoms with Gasteiger partial charge < -0.3 is 10.3 Å². The van der Waals surface area contributed by atoms with E-state index in [-0.39, 0.29) is 5.95 Å². The smallest absolute Gasteiger partial charge is 0.345 e. The summed E-state index contributed by atoms with van der Waals surface area (Å²) in [4.78, 5) is 19.6. The van der Waals surface area contributed by atoms with E-state index in [1.165, 1.54) is 6.20 Å². The van der Waals surface area contributed by atoms with Crippen LogP contribution in [-0.4, -0.2) is 37.1 Å². The van der Waals surface area contributed by atoms with Crippen molar-refractivity contribution in [3.8, 4) is 11.1 Å². The van der Waals surface area contributed by atoms with Crippen LogP contribution in [0.25, 0.3) is 33.2 Å². The van der Waals surface area contributed by atoms with Crippen molar-refractivity contribution >= 4 is 28.0 Å². The summed E-state index contributed by atoms with van der Waals surface area (Å²) in [6.45, 7) is 1.02. The Morgan fingerprint density at radius 3 is 2.62 bits per heavy atom. The molecule has 0 spiro atoms. The minimum Gasteiger partial charge on any atom is -0.345 e. The number of hydrogen-bond donors (Lipinski definition) is 2. The Morgan fingerprint density at radius 1 is 1.08 bits per heavy atom. The lowest BCUT2D eigenvalue weighted by Crippen LogP contribution is -2.33. The van der Waals surface area contributed by atoms with Gasteiger partial charge in [-0.1, -0.05) is 6.07 Å². The van der Waals surface area contributed by atoms with E-state index in [1.54, 1.807) is 18.6 Å². The van der Waals surface area contributed by atoms with Crippen LogP contribution < -0.4 is 5.32 Å². The van der Waals surface area contributed by atoms with E-state index in [4.69, 9.17) is 0 Å². The molecule has 9 heteroatoms. The molecule has 1 aromatic carbocycles. The molecule has 3 heterocycles. The molecular weight excluding hydrogens is 345 g/mol. The molecule has 0 unspecified atom stereocenters. The average Bonchev–Trinajstić information content (AvgIpc) is 3.03. The third-order valence-corrected chi connectivity index (χ3v) is 4.05. The SMILES string of the molecule is C[C@@H](Nc1ncc2c(-c3ccc4nccnc4c3)c[nH]c2n1)C(F)(F)F. The van der Waals surface area contributed by atoms with Crippen molar-refractivity contribution in [3.63, 3.8) is 0 Å². The molecular formula is C17H13F3N6. The lowest BCUT2D eigenvalue weighted by atomic mass is 10.1. The number of nitrogens with zero attached hydrogens (tertiary/aromatic N) is 4. The molecule has 6 nitrogen and oxygen atoms in total. The Balaban J connectivity index is 1.71. The van der Waals surface area contributed by atoms with Gasteiger partial charge in [-0.2, -0.15) is 18.2 Å². The van der Waals surface area contributed by atoms with Crippen LogP contribution in [0.1, 0.15) is 6.92 Å².